The van der Waals surface area contributed by atoms with Crippen molar-refractivity contribution >= 4 is 34.6 Å². The SMILES string of the molecule is O=COCc1[nH]c(=S)ncc1Br. The number of carbonyl (C=O) groups excluding carboxylic acids is 1. The third-order valence-electron chi connectivity index (χ3n) is 1.14. The lowest BCUT2D eigenvalue weighted by atomic mass is 10.4. The zero-order valence-corrected chi connectivity index (χ0v) is 8.31. The molecule has 0 spiro atoms. The van der Waals surface area contributed by atoms with E-state index < -0.39 is 0 Å². The molecule has 0 aliphatic heterocycles. The number of aromatic nitrogens is 2. The minimum Gasteiger partial charge on any atom is -0.461 e. The molecule has 0 aliphatic rings. The molecule has 0 saturated carbocycles. The number of H-pyrrole nitrogens is 1. The van der Waals surface area contributed by atoms with Crippen LogP contribution in [-0.2, 0) is 16.1 Å². The van der Waals surface area contributed by atoms with Gasteiger partial charge in [0.15, 0.2) is 4.77 Å². The maximum absolute atomic E-state index is 9.88. The van der Waals surface area contributed by atoms with E-state index in [1.165, 1.54) is 0 Å². The van der Waals surface area contributed by atoms with Crippen LogP contribution < -0.4 is 0 Å². The molecule has 6 heteroatoms. The topological polar surface area (TPSA) is 55.0 Å². The van der Waals surface area contributed by atoms with Crippen molar-refractivity contribution in [1.29, 1.82) is 0 Å². The van der Waals surface area contributed by atoms with Crippen molar-refractivity contribution in [2.45, 2.75) is 6.61 Å². The molecule has 1 heterocycles. The first-order valence-electron chi connectivity index (χ1n) is 3.03. The number of carbonyl (C=O) groups is 1. The van der Waals surface area contributed by atoms with Gasteiger partial charge in [-0.2, -0.15) is 0 Å². The van der Waals surface area contributed by atoms with Crippen molar-refractivity contribution in [3.05, 3.63) is 21.1 Å². The first-order chi connectivity index (χ1) is 5.74. The maximum Gasteiger partial charge on any atom is 0.293 e. The highest BCUT2D eigenvalue weighted by molar-refractivity contribution is 9.10. The van der Waals surface area contributed by atoms with E-state index in [0.717, 1.165) is 4.47 Å². The molecule has 0 amide bonds. The van der Waals surface area contributed by atoms with Crippen molar-refractivity contribution in [2.75, 3.05) is 0 Å². The lowest BCUT2D eigenvalue weighted by molar-refractivity contribution is -0.129. The second kappa shape index (κ2) is 4.32. The van der Waals surface area contributed by atoms with Gasteiger partial charge in [-0.05, 0) is 28.1 Å². The average molecular weight is 249 g/mol. The summed E-state index contributed by atoms with van der Waals surface area (Å²) >= 11 is 8.00. The molecule has 1 aromatic heterocycles. The van der Waals surface area contributed by atoms with Gasteiger partial charge in [0, 0.05) is 6.20 Å². The average Bonchev–Trinajstić information content (AvgIpc) is 2.07. The summed E-state index contributed by atoms with van der Waals surface area (Å²) in [5, 5.41) is 0. The van der Waals surface area contributed by atoms with Crippen LogP contribution in [0.3, 0.4) is 0 Å². The Labute approximate surface area is 82.1 Å². The Kier molecular flexibility index (Phi) is 3.36. The van der Waals surface area contributed by atoms with E-state index >= 15 is 0 Å². The Morgan fingerprint density at radius 2 is 2.58 bits per heavy atom. The zero-order valence-electron chi connectivity index (χ0n) is 5.91. The smallest absolute Gasteiger partial charge is 0.293 e. The van der Waals surface area contributed by atoms with Crippen molar-refractivity contribution in [3.63, 3.8) is 0 Å². The van der Waals surface area contributed by atoms with Gasteiger partial charge in [-0.15, -0.1) is 0 Å². The van der Waals surface area contributed by atoms with Crippen LogP contribution in [0.25, 0.3) is 0 Å². The van der Waals surface area contributed by atoms with Gasteiger partial charge in [-0.3, -0.25) is 4.79 Å². The van der Waals surface area contributed by atoms with Crippen molar-refractivity contribution in [2.24, 2.45) is 0 Å². The van der Waals surface area contributed by atoms with Crippen LogP contribution in [0.1, 0.15) is 5.69 Å². The third-order valence-corrected chi connectivity index (χ3v) is 2.03. The van der Waals surface area contributed by atoms with Gasteiger partial charge in [0.25, 0.3) is 6.47 Å². The number of nitrogens with one attached hydrogen (secondary N) is 1. The lowest BCUT2D eigenvalue weighted by Gasteiger charge is -2.01. The number of hydrogen-bond donors (Lipinski definition) is 1. The van der Waals surface area contributed by atoms with E-state index in [0.29, 0.717) is 16.9 Å². The predicted octanol–water partition coefficient (Wildman–Crippen LogP) is 1.57. The fourth-order valence-corrected chi connectivity index (χ4v) is 1.13. The highest BCUT2D eigenvalue weighted by Gasteiger charge is 1.99. The van der Waals surface area contributed by atoms with Gasteiger partial charge in [0.05, 0.1) is 10.2 Å². The van der Waals surface area contributed by atoms with Crippen LogP contribution in [0.2, 0.25) is 0 Å². The largest absolute Gasteiger partial charge is 0.461 e. The molecule has 0 bridgehead atoms. The van der Waals surface area contributed by atoms with Crippen molar-refractivity contribution in [3.8, 4) is 0 Å². The van der Waals surface area contributed by atoms with Crippen LogP contribution in [0, 0.1) is 4.77 Å². The van der Waals surface area contributed by atoms with Crippen LogP contribution in [0.5, 0.6) is 0 Å². The Hall–Kier alpha value is -0.750. The van der Waals surface area contributed by atoms with Gasteiger partial charge in [-0.25, -0.2) is 4.98 Å². The number of nitrogens with zero attached hydrogens (tertiary/aromatic N) is 1. The van der Waals surface area contributed by atoms with Gasteiger partial charge >= 0.3 is 0 Å². The van der Waals surface area contributed by atoms with Crippen LogP contribution >= 0.6 is 28.1 Å². The normalized spacial score (nSPS) is 9.42. The predicted molar refractivity (Wildman–Crippen MR) is 48.0 cm³/mol. The summed E-state index contributed by atoms with van der Waals surface area (Å²) in [7, 11) is 0. The monoisotopic (exact) mass is 248 g/mol. The van der Waals surface area contributed by atoms with E-state index in [9.17, 15) is 4.79 Å². The molecule has 4 nitrogen and oxygen atoms in total. The molecular weight excluding hydrogens is 244 g/mol. The summed E-state index contributed by atoms with van der Waals surface area (Å²) in [6, 6.07) is 0. The quantitative estimate of drug-likeness (QED) is 0.652. The van der Waals surface area contributed by atoms with E-state index in [1.807, 2.05) is 0 Å². The molecule has 1 N–H and O–H groups in total. The molecule has 0 aliphatic carbocycles. The molecule has 0 unspecified atom stereocenters. The van der Waals surface area contributed by atoms with E-state index in [4.69, 9.17) is 12.2 Å². The van der Waals surface area contributed by atoms with Crippen molar-refractivity contribution in [1.82, 2.24) is 9.97 Å². The van der Waals surface area contributed by atoms with Crippen LogP contribution in [-0.4, -0.2) is 16.4 Å². The minimum atomic E-state index is 0.163. The molecular formula is C6H5BrN2O2S. The third kappa shape index (κ3) is 2.38. The fourth-order valence-electron chi connectivity index (χ4n) is 0.637. The maximum atomic E-state index is 9.88. The number of rotatable bonds is 3. The molecule has 0 aromatic carbocycles. The molecule has 12 heavy (non-hydrogen) atoms. The van der Waals surface area contributed by atoms with E-state index in [-0.39, 0.29) is 6.61 Å². The Morgan fingerprint density at radius 3 is 3.25 bits per heavy atom. The number of hydrogen-bond acceptors (Lipinski definition) is 4. The number of aromatic amines is 1. The summed E-state index contributed by atoms with van der Waals surface area (Å²) in [5.74, 6) is 0. The summed E-state index contributed by atoms with van der Waals surface area (Å²) < 4.78 is 5.64. The second-order valence-electron chi connectivity index (χ2n) is 1.92. The van der Waals surface area contributed by atoms with Gasteiger partial charge in [0.1, 0.15) is 6.61 Å². The minimum absolute atomic E-state index is 0.163. The summed E-state index contributed by atoms with van der Waals surface area (Å²) in [6.07, 6.45) is 1.56. The summed E-state index contributed by atoms with van der Waals surface area (Å²) in [6.45, 7) is 0.542. The summed E-state index contributed by atoms with van der Waals surface area (Å²) in [4.78, 5) is 16.5. The van der Waals surface area contributed by atoms with Gasteiger partial charge in [0.2, 0.25) is 0 Å². The first-order valence-corrected chi connectivity index (χ1v) is 4.23. The van der Waals surface area contributed by atoms with Crippen LogP contribution in [0.15, 0.2) is 10.7 Å². The molecule has 64 valence electrons. The molecule has 1 aromatic rings. The molecule has 1 rings (SSSR count). The van der Waals surface area contributed by atoms with Crippen LogP contribution in [0.4, 0.5) is 0 Å². The lowest BCUT2D eigenvalue weighted by Crippen LogP contribution is -1.96. The van der Waals surface area contributed by atoms with Gasteiger partial charge in [-0.1, -0.05) is 0 Å². The van der Waals surface area contributed by atoms with Gasteiger partial charge < -0.3 is 9.72 Å². The van der Waals surface area contributed by atoms with E-state index in [2.05, 4.69) is 30.6 Å². The fraction of sp³-hybridized carbons (Fsp3) is 0.167. The zero-order chi connectivity index (χ0) is 8.97. The number of ether oxygens (including phenoxy) is 1. The Bertz CT molecular complexity index is 339. The summed E-state index contributed by atoms with van der Waals surface area (Å²) in [5.41, 5.74) is 0.696. The Morgan fingerprint density at radius 1 is 1.83 bits per heavy atom. The molecule has 0 atom stereocenters. The Balaban J connectivity index is 2.89. The molecule has 0 radical (unpaired) electrons. The molecule has 0 fully saturated rings. The first kappa shape index (κ1) is 9.34. The second-order valence-corrected chi connectivity index (χ2v) is 3.16. The highest BCUT2D eigenvalue weighted by Crippen LogP contribution is 2.12. The van der Waals surface area contributed by atoms with Crippen molar-refractivity contribution < 1.29 is 9.53 Å². The molecule has 0 saturated heterocycles. The number of halogens is 1. The van der Waals surface area contributed by atoms with E-state index in [1.54, 1.807) is 6.20 Å². The standard InChI is InChI=1S/C6H5BrN2O2S/c7-4-1-8-6(12)9-5(4)2-11-3-10/h1,3H,2H2,(H,8,9,12). The highest BCUT2D eigenvalue weighted by atomic mass is 79.9.